The van der Waals surface area contributed by atoms with Crippen LogP contribution in [0.5, 0.6) is 0 Å². The summed E-state index contributed by atoms with van der Waals surface area (Å²) in [4.78, 5) is 22.0. The molecule has 3 N–H and O–H groups in total. The predicted octanol–water partition coefficient (Wildman–Crippen LogP) is 3.47. The summed E-state index contributed by atoms with van der Waals surface area (Å²) >= 11 is 0. The molecule has 0 radical (unpaired) electrons. The van der Waals surface area contributed by atoms with E-state index in [2.05, 4.69) is 39.4 Å². The van der Waals surface area contributed by atoms with Crippen molar-refractivity contribution in [3.05, 3.63) is 59.8 Å². The number of nitrogens with two attached hydrogens (primary N) is 1. The van der Waals surface area contributed by atoms with E-state index in [1.54, 1.807) is 0 Å². The van der Waals surface area contributed by atoms with Gasteiger partial charge in [-0.1, -0.05) is 18.2 Å². The third kappa shape index (κ3) is 5.16. The highest BCUT2D eigenvalue weighted by Crippen LogP contribution is 2.32. The van der Waals surface area contributed by atoms with E-state index in [1.165, 1.54) is 17.7 Å². The number of pyridine rings is 1. The third-order valence-corrected chi connectivity index (χ3v) is 6.87. The lowest BCUT2D eigenvalue weighted by atomic mass is 9.93. The molecule has 1 saturated heterocycles. The number of piperazine rings is 1. The molecule has 3 aromatic rings. The molecule has 2 heterocycles. The van der Waals surface area contributed by atoms with Crippen LogP contribution in [-0.4, -0.2) is 61.7 Å². The van der Waals surface area contributed by atoms with E-state index in [-0.39, 0.29) is 12.5 Å². The number of carbonyl (C=O) groups is 1. The summed E-state index contributed by atoms with van der Waals surface area (Å²) in [7, 11) is 0. The smallest absolute Gasteiger partial charge is 0.250 e. The number of nitrogens with zero attached hydrogens (tertiary/aromatic N) is 3. The Morgan fingerprint density at radius 2 is 1.82 bits per heavy atom. The highest BCUT2D eigenvalue weighted by molar-refractivity contribution is 5.98. The molecule has 0 atom stereocenters. The SMILES string of the molecule is Nc1c2c(nc3ccc(NC(=O)COCCN4CCN(c5ccccc5)CC4)cc13)CCCC2. The van der Waals surface area contributed by atoms with Crippen LogP contribution in [0.2, 0.25) is 0 Å². The highest BCUT2D eigenvalue weighted by Gasteiger charge is 2.18. The molecule has 1 aromatic heterocycles. The minimum absolute atomic E-state index is 0.0416. The van der Waals surface area contributed by atoms with Gasteiger partial charge in [-0.25, -0.2) is 0 Å². The molecule has 34 heavy (non-hydrogen) atoms. The number of rotatable bonds is 7. The molecular formula is C27H33N5O2. The van der Waals surface area contributed by atoms with Gasteiger partial charge in [-0.2, -0.15) is 0 Å². The number of hydrogen-bond donors (Lipinski definition) is 2. The number of amides is 1. The number of anilines is 3. The Morgan fingerprint density at radius 3 is 2.65 bits per heavy atom. The van der Waals surface area contributed by atoms with Crippen LogP contribution in [0.4, 0.5) is 17.1 Å². The van der Waals surface area contributed by atoms with Crippen LogP contribution in [0.25, 0.3) is 10.9 Å². The molecule has 1 aliphatic carbocycles. The number of aryl methyl sites for hydroxylation is 1. The molecule has 178 valence electrons. The summed E-state index contributed by atoms with van der Waals surface area (Å²) in [5.41, 5.74) is 12.5. The van der Waals surface area contributed by atoms with E-state index < -0.39 is 0 Å². The molecule has 7 nitrogen and oxygen atoms in total. The zero-order chi connectivity index (χ0) is 23.3. The van der Waals surface area contributed by atoms with Crippen LogP contribution in [-0.2, 0) is 22.4 Å². The Bertz CT molecular complexity index is 1140. The van der Waals surface area contributed by atoms with Gasteiger partial charge in [0.1, 0.15) is 6.61 Å². The van der Waals surface area contributed by atoms with Crippen molar-refractivity contribution in [3.8, 4) is 0 Å². The molecule has 2 aromatic carbocycles. The Kier molecular flexibility index (Phi) is 6.92. The van der Waals surface area contributed by atoms with Crippen LogP contribution < -0.4 is 16.0 Å². The summed E-state index contributed by atoms with van der Waals surface area (Å²) < 4.78 is 5.66. The summed E-state index contributed by atoms with van der Waals surface area (Å²) in [6, 6.07) is 16.3. The molecular weight excluding hydrogens is 426 g/mol. The first-order valence-corrected chi connectivity index (χ1v) is 12.3. The number of nitrogen functional groups attached to an aromatic ring is 1. The summed E-state index contributed by atoms with van der Waals surface area (Å²) in [6.45, 7) is 5.43. The number of fused-ring (bicyclic) bond motifs is 2. The van der Waals surface area contributed by atoms with Gasteiger partial charge in [0, 0.05) is 60.9 Å². The molecule has 1 amide bonds. The van der Waals surface area contributed by atoms with Gasteiger partial charge in [-0.3, -0.25) is 14.7 Å². The molecule has 2 aliphatic rings. The maximum Gasteiger partial charge on any atom is 0.250 e. The second-order valence-corrected chi connectivity index (χ2v) is 9.15. The Hall–Kier alpha value is -3.16. The van der Waals surface area contributed by atoms with Crippen molar-refractivity contribution >= 4 is 33.9 Å². The lowest BCUT2D eigenvalue weighted by Crippen LogP contribution is -2.47. The summed E-state index contributed by atoms with van der Waals surface area (Å²) in [6.07, 6.45) is 4.30. The Labute approximate surface area is 200 Å². The van der Waals surface area contributed by atoms with Crippen molar-refractivity contribution in [1.82, 2.24) is 9.88 Å². The van der Waals surface area contributed by atoms with E-state index in [1.807, 2.05) is 24.3 Å². The average molecular weight is 460 g/mol. The maximum absolute atomic E-state index is 12.4. The molecule has 1 fully saturated rings. The van der Waals surface area contributed by atoms with Crippen LogP contribution in [0, 0.1) is 0 Å². The summed E-state index contributed by atoms with van der Waals surface area (Å²) in [5.74, 6) is -0.155. The molecule has 0 saturated carbocycles. The largest absolute Gasteiger partial charge is 0.398 e. The minimum Gasteiger partial charge on any atom is -0.398 e. The van der Waals surface area contributed by atoms with Crippen molar-refractivity contribution in [2.45, 2.75) is 25.7 Å². The van der Waals surface area contributed by atoms with Crippen molar-refractivity contribution in [1.29, 1.82) is 0 Å². The van der Waals surface area contributed by atoms with Gasteiger partial charge in [0.25, 0.3) is 0 Å². The van der Waals surface area contributed by atoms with Gasteiger partial charge in [0.15, 0.2) is 0 Å². The molecule has 0 spiro atoms. The Morgan fingerprint density at radius 1 is 1.03 bits per heavy atom. The predicted molar refractivity (Wildman–Crippen MR) is 137 cm³/mol. The van der Waals surface area contributed by atoms with Gasteiger partial charge in [0.2, 0.25) is 5.91 Å². The van der Waals surface area contributed by atoms with Gasteiger partial charge in [-0.05, 0) is 61.6 Å². The number of hydrogen-bond acceptors (Lipinski definition) is 6. The van der Waals surface area contributed by atoms with Gasteiger partial charge in [-0.15, -0.1) is 0 Å². The van der Waals surface area contributed by atoms with Crippen LogP contribution in [0.1, 0.15) is 24.1 Å². The van der Waals surface area contributed by atoms with E-state index in [0.29, 0.717) is 6.61 Å². The van der Waals surface area contributed by atoms with Crippen molar-refractivity contribution in [3.63, 3.8) is 0 Å². The van der Waals surface area contributed by atoms with Gasteiger partial charge in [0.05, 0.1) is 12.1 Å². The second-order valence-electron chi connectivity index (χ2n) is 9.15. The Balaban J connectivity index is 1.07. The van der Waals surface area contributed by atoms with Crippen molar-refractivity contribution < 1.29 is 9.53 Å². The lowest BCUT2D eigenvalue weighted by molar-refractivity contribution is -0.120. The van der Waals surface area contributed by atoms with E-state index in [0.717, 1.165) is 80.0 Å². The van der Waals surface area contributed by atoms with Crippen molar-refractivity contribution in [2.24, 2.45) is 0 Å². The summed E-state index contributed by atoms with van der Waals surface area (Å²) in [5, 5.41) is 3.85. The molecule has 0 bridgehead atoms. The second kappa shape index (κ2) is 10.4. The maximum atomic E-state index is 12.4. The highest BCUT2D eigenvalue weighted by atomic mass is 16.5. The fourth-order valence-corrected chi connectivity index (χ4v) is 4.96. The van der Waals surface area contributed by atoms with E-state index in [4.69, 9.17) is 15.5 Å². The molecule has 1 aliphatic heterocycles. The monoisotopic (exact) mass is 459 g/mol. The number of aromatic nitrogens is 1. The number of carbonyl (C=O) groups excluding carboxylic acids is 1. The normalized spacial score (nSPS) is 16.4. The van der Waals surface area contributed by atoms with Gasteiger partial charge >= 0.3 is 0 Å². The number of para-hydroxylation sites is 1. The van der Waals surface area contributed by atoms with Gasteiger partial charge < -0.3 is 20.7 Å². The van der Waals surface area contributed by atoms with Crippen LogP contribution >= 0.6 is 0 Å². The average Bonchev–Trinajstić information content (AvgIpc) is 2.88. The molecule has 5 rings (SSSR count). The lowest BCUT2D eigenvalue weighted by Gasteiger charge is -2.36. The fourth-order valence-electron chi connectivity index (χ4n) is 4.96. The number of benzene rings is 2. The first-order chi connectivity index (χ1) is 16.7. The topological polar surface area (TPSA) is 83.7 Å². The van der Waals surface area contributed by atoms with Crippen LogP contribution in [0.3, 0.4) is 0 Å². The van der Waals surface area contributed by atoms with E-state index in [9.17, 15) is 4.79 Å². The van der Waals surface area contributed by atoms with Crippen molar-refractivity contribution in [2.75, 3.05) is 61.9 Å². The first-order valence-electron chi connectivity index (χ1n) is 12.3. The number of nitrogens with one attached hydrogen (secondary N) is 1. The van der Waals surface area contributed by atoms with E-state index >= 15 is 0 Å². The zero-order valence-electron chi connectivity index (χ0n) is 19.6. The quantitative estimate of drug-likeness (QED) is 0.527. The fraction of sp³-hybridized carbons (Fsp3) is 0.407. The zero-order valence-corrected chi connectivity index (χ0v) is 19.6. The minimum atomic E-state index is -0.155. The first kappa shape index (κ1) is 22.6. The number of ether oxygens (including phenoxy) is 1. The van der Waals surface area contributed by atoms with Crippen LogP contribution in [0.15, 0.2) is 48.5 Å². The molecule has 7 heteroatoms. The molecule has 0 unspecified atom stereocenters. The third-order valence-electron chi connectivity index (χ3n) is 6.87. The standard InChI is InChI=1S/C27H33N5O2/c28-27-22-8-4-5-9-24(22)30-25-11-10-20(18-23(25)27)29-26(33)19-34-17-16-31-12-14-32(15-13-31)21-6-2-1-3-7-21/h1-3,6-7,10-11,18H,4-5,8-9,12-17,19H2,(H2,28,30)(H,29,33).